The van der Waals surface area contributed by atoms with Crippen LogP contribution in [0.1, 0.15) is 10.4 Å². The lowest BCUT2D eigenvalue weighted by atomic mass is 10.2. The molecule has 0 radical (unpaired) electrons. The average Bonchev–Trinajstić information content (AvgIpc) is 2.74. The molecule has 1 aromatic carbocycles. The Labute approximate surface area is 114 Å². The van der Waals surface area contributed by atoms with Crippen LogP contribution < -0.4 is 10.1 Å². The monoisotopic (exact) mass is 311 g/mol. The van der Waals surface area contributed by atoms with Crippen molar-refractivity contribution in [2.45, 2.75) is 13.2 Å². The largest absolute Gasteiger partial charge is 0.488 e. The smallest absolute Gasteiger partial charge is 0.124 e. The van der Waals surface area contributed by atoms with Crippen molar-refractivity contribution < 1.29 is 4.74 Å². The summed E-state index contributed by atoms with van der Waals surface area (Å²) < 4.78 is 6.95. The van der Waals surface area contributed by atoms with Crippen molar-refractivity contribution in [1.29, 1.82) is 0 Å². The van der Waals surface area contributed by atoms with Crippen molar-refractivity contribution in [3.05, 3.63) is 50.6 Å². The minimum atomic E-state index is 0.622. The second-order valence-corrected chi connectivity index (χ2v) is 5.57. The minimum Gasteiger partial charge on any atom is -0.488 e. The maximum Gasteiger partial charge on any atom is 0.124 e. The van der Waals surface area contributed by atoms with Crippen molar-refractivity contribution in [2.24, 2.45) is 0 Å². The molecule has 90 valence electrons. The summed E-state index contributed by atoms with van der Waals surface area (Å²) >= 11 is 5.14. The molecule has 0 aliphatic rings. The van der Waals surface area contributed by atoms with Crippen LogP contribution in [0.25, 0.3) is 0 Å². The number of rotatable bonds is 5. The van der Waals surface area contributed by atoms with Crippen molar-refractivity contribution in [1.82, 2.24) is 5.32 Å². The van der Waals surface area contributed by atoms with Crippen molar-refractivity contribution in [3.63, 3.8) is 0 Å². The molecule has 0 aliphatic heterocycles. The van der Waals surface area contributed by atoms with Gasteiger partial charge in [-0.3, -0.25) is 0 Å². The van der Waals surface area contributed by atoms with Gasteiger partial charge in [0.25, 0.3) is 0 Å². The average molecular weight is 312 g/mol. The Morgan fingerprint density at radius 2 is 2.18 bits per heavy atom. The molecule has 1 heterocycles. The zero-order chi connectivity index (χ0) is 12.1. The van der Waals surface area contributed by atoms with E-state index in [1.807, 2.05) is 25.2 Å². The van der Waals surface area contributed by atoms with Gasteiger partial charge in [0.15, 0.2) is 0 Å². The zero-order valence-electron chi connectivity index (χ0n) is 9.57. The lowest BCUT2D eigenvalue weighted by Crippen LogP contribution is -2.07. The first-order valence-corrected chi connectivity index (χ1v) is 7.05. The number of benzene rings is 1. The fourth-order valence-electron chi connectivity index (χ4n) is 1.56. The summed E-state index contributed by atoms with van der Waals surface area (Å²) in [5.41, 5.74) is 1.19. The molecule has 0 saturated heterocycles. The van der Waals surface area contributed by atoms with Gasteiger partial charge in [0, 0.05) is 26.8 Å². The van der Waals surface area contributed by atoms with Crippen LogP contribution in [0.15, 0.2) is 40.2 Å². The van der Waals surface area contributed by atoms with E-state index in [-0.39, 0.29) is 0 Å². The molecule has 2 aromatic rings. The van der Waals surface area contributed by atoms with Gasteiger partial charge in [-0.25, -0.2) is 0 Å². The molecule has 0 atom stereocenters. The third-order valence-electron chi connectivity index (χ3n) is 2.33. The predicted octanol–water partition coefficient (Wildman–Crippen LogP) is 3.81. The SMILES string of the molecule is CNCc1ccccc1OCc1cc(Br)cs1. The molecule has 0 bridgehead atoms. The molecule has 0 unspecified atom stereocenters. The van der Waals surface area contributed by atoms with E-state index >= 15 is 0 Å². The first kappa shape index (κ1) is 12.6. The maximum atomic E-state index is 5.84. The van der Waals surface area contributed by atoms with Crippen LogP contribution in [0.2, 0.25) is 0 Å². The summed E-state index contributed by atoms with van der Waals surface area (Å²) in [6.45, 7) is 1.45. The van der Waals surface area contributed by atoms with Crippen molar-refractivity contribution in [2.75, 3.05) is 7.05 Å². The Morgan fingerprint density at radius 3 is 2.88 bits per heavy atom. The van der Waals surface area contributed by atoms with E-state index < -0.39 is 0 Å². The van der Waals surface area contributed by atoms with Crippen LogP contribution in [-0.4, -0.2) is 7.05 Å². The highest BCUT2D eigenvalue weighted by atomic mass is 79.9. The van der Waals surface area contributed by atoms with Crippen LogP contribution >= 0.6 is 27.3 Å². The second kappa shape index (κ2) is 6.19. The number of hydrogen-bond acceptors (Lipinski definition) is 3. The van der Waals surface area contributed by atoms with Crippen molar-refractivity contribution in [3.8, 4) is 5.75 Å². The minimum absolute atomic E-state index is 0.622. The Kier molecular flexibility index (Phi) is 4.59. The summed E-state index contributed by atoms with van der Waals surface area (Å²) in [6.07, 6.45) is 0. The van der Waals surface area contributed by atoms with E-state index in [4.69, 9.17) is 4.74 Å². The highest BCUT2D eigenvalue weighted by Crippen LogP contribution is 2.23. The van der Waals surface area contributed by atoms with Gasteiger partial charge in [-0.05, 0) is 35.1 Å². The Morgan fingerprint density at radius 1 is 1.35 bits per heavy atom. The molecular formula is C13H14BrNOS. The zero-order valence-corrected chi connectivity index (χ0v) is 12.0. The lowest BCUT2D eigenvalue weighted by molar-refractivity contribution is 0.306. The third-order valence-corrected chi connectivity index (χ3v) is 4.00. The number of nitrogens with one attached hydrogen (secondary N) is 1. The highest BCUT2D eigenvalue weighted by Gasteiger charge is 2.03. The van der Waals surface area contributed by atoms with Gasteiger partial charge in [-0.15, -0.1) is 11.3 Å². The molecule has 17 heavy (non-hydrogen) atoms. The normalized spacial score (nSPS) is 10.5. The van der Waals surface area contributed by atoms with Gasteiger partial charge in [-0.1, -0.05) is 18.2 Å². The molecule has 1 N–H and O–H groups in total. The van der Waals surface area contributed by atoms with Crippen LogP contribution in [-0.2, 0) is 13.2 Å². The van der Waals surface area contributed by atoms with Gasteiger partial charge < -0.3 is 10.1 Å². The van der Waals surface area contributed by atoms with E-state index in [2.05, 4.69) is 38.8 Å². The third kappa shape index (κ3) is 3.56. The number of halogens is 1. The van der Waals surface area contributed by atoms with Crippen LogP contribution in [0.4, 0.5) is 0 Å². The molecule has 1 aromatic heterocycles. The number of ether oxygens (including phenoxy) is 1. The summed E-state index contributed by atoms with van der Waals surface area (Å²) in [5, 5.41) is 5.21. The van der Waals surface area contributed by atoms with Gasteiger partial charge in [-0.2, -0.15) is 0 Å². The van der Waals surface area contributed by atoms with Crippen LogP contribution in [0.3, 0.4) is 0 Å². The molecule has 0 spiro atoms. The maximum absolute atomic E-state index is 5.84. The Bertz CT molecular complexity index is 484. The quantitative estimate of drug-likeness (QED) is 0.906. The molecule has 2 rings (SSSR count). The topological polar surface area (TPSA) is 21.3 Å². The molecule has 4 heteroatoms. The summed E-state index contributed by atoms with van der Waals surface area (Å²) in [6, 6.07) is 10.2. The van der Waals surface area contributed by atoms with Gasteiger partial charge in [0.1, 0.15) is 12.4 Å². The molecular weight excluding hydrogens is 298 g/mol. The van der Waals surface area contributed by atoms with E-state index in [0.717, 1.165) is 16.8 Å². The summed E-state index contributed by atoms with van der Waals surface area (Å²) in [7, 11) is 1.94. The van der Waals surface area contributed by atoms with Crippen molar-refractivity contribution >= 4 is 27.3 Å². The van der Waals surface area contributed by atoms with E-state index in [0.29, 0.717) is 6.61 Å². The number of thiophene rings is 1. The molecule has 2 nitrogen and oxygen atoms in total. The fourth-order valence-corrected chi connectivity index (χ4v) is 2.92. The predicted molar refractivity (Wildman–Crippen MR) is 75.6 cm³/mol. The van der Waals surface area contributed by atoms with E-state index in [1.165, 1.54) is 10.4 Å². The molecule has 0 fully saturated rings. The van der Waals surface area contributed by atoms with Crippen LogP contribution in [0, 0.1) is 0 Å². The van der Waals surface area contributed by atoms with Crippen LogP contribution in [0.5, 0.6) is 5.75 Å². The van der Waals surface area contributed by atoms with Gasteiger partial charge in [0.2, 0.25) is 0 Å². The van der Waals surface area contributed by atoms with E-state index in [9.17, 15) is 0 Å². The lowest BCUT2D eigenvalue weighted by Gasteiger charge is -2.10. The first-order chi connectivity index (χ1) is 8.29. The number of para-hydroxylation sites is 1. The van der Waals surface area contributed by atoms with Gasteiger partial charge >= 0.3 is 0 Å². The molecule has 0 aliphatic carbocycles. The number of hydrogen-bond donors (Lipinski definition) is 1. The molecule has 0 saturated carbocycles. The summed E-state index contributed by atoms with van der Waals surface area (Å²) in [5.74, 6) is 0.950. The highest BCUT2D eigenvalue weighted by molar-refractivity contribution is 9.10. The first-order valence-electron chi connectivity index (χ1n) is 5.38. The van der Waals surface area contributed by atoms with Gasteiger partial charge in [0.05, 0.1) is 0 Å². The fraction of sp³-hybridized carbons (Fsp3) is 0.231. The summed E-state index contributed by atoms with van der Waals surface area (Å²) in [4.78, 5) is 1.22. The Hall–Kier alpha value is -0.840. The standard InChI is InChI=1S/C13H14BrNOS/c1-15-7-10-4-2-3-5-13(10)16-8-12-6-11(14)9-17-12/h2-6,9,15H,7-8H2,1H3. The van der Waals surface area contributed by atoms with E-state index in [1.54, 1.807) is 11.3 Å². The second-order valence-electron chi connectivity index (χ2n) is 3.66. The molecule has 0 amide bonds. The Balaban J connectivity index is 2.03.